The highest BCUT2D eigenvalue weighted by molar-refractivity contribution is 6.11. The van der Waals surface area contributed by atoms with Gasteiger partial charge in [-0.05, 0) is 151 Å². The van der Waals surface area contributed by atoms with Crippen LogP contribution in [0.1, 0.15) is 122 Å². The summed E-state index contributed by atoms with van der Waals surface area (Å²) in [6, 6.07) is 42.6. The lowest BCUT2D eigenvalue weighted by molar-refractivity contribution is 0.568. The van der Waals surface area contributed by atoms with Crippen molar-refractivity contribution in [1.82, 2.24) is 4.57 Å². The van der Waals surface area contributed by atoms with Crippen LogP contribution in [0.5, 0.6) is 0 Å². The molecule has 1 nitrogen and oxygen atoms in total. The first-order valence-corrected chi connectivity index (χ1v) is 20.6. The minimum atomic E-state index is 0.0423. The largest absolute Gasteiger partial charge is 0.309 e. The van der Waals surface area contributed by atoms with Crippen LogP contribution in [-0.4, -0.2) is 4.57 Å². The molecule has 7 aromatic rings. The lowest BCUT2D eigenvalue weighted by Gasteiger charge is -2.26. The van der Waals surface area contributed by atoms with E-state index in [9.17, 15) is 0 Å². The number of aromatic nitrogens is 1. The van der Waals surface area contributed by atoms with Gasteiger partial charge in [-0.15, -0.1) is 0 Å². The van der Waals surface area contributed by atoms with Gasteiger partial charge in [-0.1, -0.05) is 156 Å². The fourth-order valence-corrected chi connectivity index (χ4v) is 7.99. The van der Waals surface area contributed by atoms with E-state index in [4.69, 9.17) is 0 Å². The van der Waals surface area contributed by atoms with Crippen LogP contribution in [0.15, 0.2) is 109 Å². The van der Waals surface area contributed by atoms with Gasteiger partial charge in [0.1, 0.15) is 0 Å². The van der Waals surface area contributed by atoms with E-state index in [0.29, 0.717) is 0 Å². The van der Waals surface area contributed by atoms with E-state index in [1.807, 2.05) is 0 Å². The van der Waals surface area contributed by atoms with Crippen molar-refractivity contribution in [2.45, 2.75) is 126 Å². The fraction of sp³-hybridized carbons (Fsp3) is 0.345. The molecule has 0 aliphatic rings. The van der Waals surface area contributed by atoms with Crippen LogP contribution in [0.3, 0.4) is 0 Å². The van der Waals surface area contributed by atoms with E-state index in [2.05, 4.69) is 218 Å². The van der Waals surface area contributed by atoms with Crippen LogP contribution in [0.4, 0.5) is 0 Å². The van der Waals surface area contributed by atoms with Gasteiger partial charge >= 0.3 is 0 Å². The Balaban J connectivity index is 1.47. The summed E-state index contributed by atoms with van der Waals surface area (Å²) in [5, 5.41) is 2.55. The zero-order valence-corrected chi connectivity index (χ0v) is 36.8. The molecule has 0 bridgehead atoms. The van der Waals surface area contributed by atoms with Gasteiger partial charge in [-0.2, -0.15) is 0 Å². The Kier molecular flexibility index (Phi) is 9.59. The molecule has 56 heavy (non-hydrogen) atoms. The number of fused-ring (bicyclic) bond motifs is 3. The molecule has 0 unspecified atom stereocenters. The third-order valence-corrected chi connectivity index (χ3v) is 12.1. The average molecular weight is 738 g/mol. The van der Waals surface area contributed by atoms with Crippen molar-refractivity contribution in [3.8, 4) is 39.1 Å². The molecule has 288 valence electrons. The van der Waals surface area contributed by atoms with Crippen molar-refractivity contribution in [2.75, 3.05) is 0 Å². The van der Waals surface area contributed by atoms with Crippen molar-refractivity contribution >= 4 is 21.8 Å². The van der Waals surface area contributed by atoms with Gasteiger partial charge in [0.05, 0.1) is 11.0 Å². The highest BCUT2D eigenvalue weighted by atomic mass is 15.0. The molecule has 7 rings (SSSR count). The van der Waals surface area contributed by atoms with Crippen LogP contribution in [0.2, 0.25) is 0 Å². The number of rotatable bonds is 4. The van der Waals surface area contributed by atoms with Gasteiger partial charge in [0.2, 0.25) is 0 Å². The molecule has 0 fully saturated rings. The van der Waals surface area contributed by atoms with Crippen molar-refractivity contribution in [1.29, 1.82) is 0 Å². The van der Waals surface area contributed by atoms with E-state index in [1.54, 1.807) is 0 Å². The second-order valence-electron chi connectivity index (χ2n) is 20.7. The summed E-state index contributed by atoms with van der Waals surface area (Å²) in [5.41, 5.74) is 20.9. The van der Waals surface area contributed by atoms with Gasteiger partial charge in [0.25, 0.3) is 0 Å². The first kappa shape index (κ1) is 39.4. The molecule has 1 heteroatoms. The van der Waals surface area contributed by atoms with E-state index < -0.39 is 0 Å². The van der Waals surface area contributed by atoms with Crippen LogP contribution >= 0.6 is 0 Å². The highest BCUT2D eigenvalue weighted by Crippen LogP contribution is 2.41. The maximum atomic E-state index is 2.46. The molecule has 0 spiro atoms. The monoisotopic (exact) mass is 737 g/mol. The quantitative estimate of drug-likeness (QED) is 0.169. The molecule has 0 amide bonds. The fourth-order valence-electron chi connectivity index (χ4n) is 7.99. The van der Waals surface area contributed by atoms with Crippen LogP contribution in [0.25, 0.3) is 60.9 Å². The molecule has 1 heterocycles. The summed E-state index contributed by atoms with van der Waals surface area (Å²) in [7, 11) is 0. The number of hydrogen-bond acceptors (Lipinski definition) is 0. The standard InChI is InChI=1S/C55H63N/c1-34-24-40(25-35(2)36(34)3)37-16-20-47(21-17-37)56-50-22-18-38(41-26-43(52(4,5)6)32-44(27-41)53(7,8)9)30-48(50)49-31-39(19-23-51(49)56)42-28-45(54(10,11)12)33-46(29-42)55(13,14)15/h16-33H,1-15H3. The third-order valence-electron chi connectivity index (χ3n) is 12.1. The molecular weight excluding hydrogens is 675 g/mol. The molecule has 0 radical (unpaired) electrons. The highest BCUT2D eigenvalue weighted by Gasteiger charge is 2.24. The first-order chi connectivity index (χ1) is 26.0. The summed E-state index contributed by atoms with van der Waals surface area (Å²) in [5.74, 6) is 0. The number of aryl methyl sites for hydroxylation is 2. The maximum absolute atomic E-state index is 2.46. The number of hydrogen-bond donors (Lipinski definition) is 0. The predicted molar refractivity (Wildman–Crippen MR) is 246 cm³/mol. The Hall–Kier alpha value is -4.88. The maximum Gasteiger partial charge on any atom is 0.0541 e. The molecular formula is C55H63N. The molecule has 0 aliphatic carbocycles. The van der Waals surface area contributed by atoms with Crippen molar-refractivity contribution in [3.63, 3.8) is 0 Å². The minimum Gasteiger partial charge on any atom is -0.309 e. The van der Waals surface area contributed by atoms with Gasteiger partial charge in [0.15, 0.2) is 0 Å². The van der Waals surface area contributed by atoms with Gasteiger partial charge in [-0.25, -0.2) is 0 Å². The summed E-state index contributed by atoms with van der Waals surface area (Å²) in [6.07, 6.45) is 0. The van der Waals surface area contributed by atoms with Crippen molar-refractivity contribution < 1.29 is 0 Å². The SMILES string of the molecule is Cc1cc(-c2ccc(-n3c4ccc(-c5cc(C(C)(C)C)cc(C(C)(C)C)c5)cc4c4cc(-c5cc(C(C)(C)C)cc(C(C)(C)C)c5)ccc43)cc2)cc(C)c1C. The van der Waals surface area contributed by atoms with Gasteiger partial charge in [-0.3, -0.25) is 0 Å². The Labute approximate surface area is 337 Å². The molecule has 0 saturated carbocycles. The molecule has 0 saturated heterocycles. The lowest BCUT2D eigenvalue weighted by Crippen LogP contribution is -2.16. The van der Waals surface area contributed by atoms with Gasteiger partial charge in [0, 0.05) is 16.5 Å². The van der Waals surface area contributed by atoms with E-state index in [1.165, 1.54) is 99.8 Å². The van der Waals surface area contributed by atoms with Gasteiger partial charge < -0.3 is 4.57 Å². The van der Waals surface area contributed by atoms with Crippen molar-refractivity contribution in [2.24, 2.45) is 0 Å². The summed E-state index contributed by atoms with van der Waals surface area (Å²) < 4.78 is 2.46. The summed E-state index contributed by atoms with van der Waals surface area (Å²) >= 11 is 0. The zero-order valence-electron chi connectivity index (χ0n) is 36.8. The summed E-state index contributed by atoms with van der Waals surface area (Å²) in [4.78, 5) is 0. The number of benzene rings is 6. The van der Waals surface area contributed by atoms with E-state index >= 15 is 0 Å². The Morgan fingerprint density at radius 1 is 0.321 bits per heavy atom. The minimum absolute atomic E-state index is 0.0423. The van der Waals surface area contributed by atoms with E-state index in [0.717, 1.165) is 0 Å². The predicted octanol–water partition coefficient (Wildman–Crippen LogP) is 15.9. The Morgan fingerprint density at radius 3 is 0.982 bits per heavy atom. The normalized spacial score (nSPS) is 12.9. The topological polar surface area (TPSA) is 4.93 Å². The first-order valence-electron chi connectivity index (χ1n) is 20.6. The van der Waals surface area contributed by atoms with Crippen LogP contribution in [-0.2, 0) is 21.7 Å². The average Bonchev–Trinajstić information content (AvgIpc) is 3.45. The molecule has 0 aliphatic heterocycles. The number of nitrogens with zero attached hydrogens (tertiary/aromatic N) is 1. The lowest BCUT2D eigenvalue weighted by atomic mass is 9.78. The smallest absolute Gasteiger partial charge is 0.0541 e. The Morgan fingerprint density at radius 2 is 0.643 bits per heavy atom. The Bertz CT molecular complexity index is 2390. The second kappa shape index (κ2) is 13.7. The van der Waals surface area contributed by atoms with Crippen molar-refractivity contribution in [3.05, 3.63) is 148 Å². The molecule has 0 atom stereocenters. The second-order valence-corrected chi connectivity index (χ2v) is 20.7. The zero-order chi connectivity index (χ0) is 40.7. The summed E-state index contributed by atoms with van der Waals surface area (Å²) in [6.45, 7) is 34.5. The molecule has 0 N–H and O–H groups in total. The van der Waals surface area contributed by atoms with E-state index in [-0.39, 0.29) is 21.7 Å². The van der Waals surface area contributed by atoms with Crippen LogP contribution < -0.4 is 0 Å². The van der Waals surface area contributed by atoms with Crippen LogP contribution in [0, 0.1) is 20.8 Å². The third kappa shape index (κ3) is 7.50. The molecule has 6 aromatic carbocycles. The molecule has 1 aromatic heterocycles.